The van der Waals surface area contributed by atoms with E-state index in [4.69, 9.17) is 5.73 Å². The SMILES string of the molecule is Cc1cc(Sc2nc3ccccc3s2)ncc1N. The Hall–Kier alpha value is -1.59. The Balaban J connectivity index is 1.93. The van der Waals surface area contributed by atoms with Crippen molar-refractivity contribution in [2.45, 2.75) is 16.3 Å². The second kappa shape index (κ2) is 4.59. The molecule has 0 aliphatic heterocycles. The highest BCUT2D eigenvalue weighted by Crippen LogP contribution is 2.33. The van der Waals surface area contributed by atoms with Crippen molar-refractivity contribution in [3.05, 3.63) is 42.1 Å². The smallest absolute Gasteiger partial charge is 0.157 e. The average Bonchev–Trinajstić information content (AvgIpc) is 2.76. The van der Waals surface area contributed by atoms with E-state index < -0.39 is 0 Å². The summed E-state index contributed by atoms with van der Waals surface area (Å²) in [6, 6.07) is 10.1. The first-order chi connectivity index (χ1) is 8.72. The molecule has 90 valence electrons. The van der Waals surface area contributed by atoms with Gasteiger partial charge in [-0.1, -0.05) is 12.1 Å². The zero-order valence-corrected chi connectivity index (χ0v) is 11.4. The van der Waals surface area contributed by atoms with Crippen LogP contribution in [0.15, 0.2) is 45.9 Å². The lowest BCUT2D eigenvalue weighted by atomic mass is 10.3. The van der Waals surface area contributed by atoms with Crippen LogP contribution in [0.5, 0.6) is 0 Å². The van der Waals surface area contributed by atoms with Gasteiger partial charge in [0.05, 0.1) is 22.1 Å². The monoisotopic (exact) mass is 273 g/mol. The van der Waals surface area contributed by atoms with Crippen LogP contribution in [-0.4, -0.2) is 9.97 Å². The average molecular weight is 273 g/mol. The van der Waals surface area contributed by atoms with Gasteiger partial charge in [-0.15, -0.1) is 11.3 Å². The largest absolute Gasteiger partial charge is 0.397 e. The van der Waals surface area contributed by atoms with E-state index in [1.807, 2.05) is 31.2 Å². The van der Waals surface area contributed by atoms with Gasteiger partial charge >= 0.3 is 0 Å². The first kappa shape index (κ1) is 11.5. The fourth-order valence-electron chi connectivity index (χ4n) is 1.58. The third-order valence-corrected chi connectivity index (χ3v) is 4.62. The maximum atomic E-state index is 5.76. The predicted molar refractivity (Wildman–Crippen MR) is 77.1 cm³/mol. The van der Waals surface area contributed by atoms with E-state index in [-0.39, 0.29) is 0 Å². The molecule has 0 fully saturated rings. The molecule has 0 bridgehead atoms. The summed E-state index contributed by atoms with van der Waals surface area (Å²) in [5.74, 6) is 0. The summed E-state index contributed by atoms with van der Waals surface area (Å²) in [5.41, 5.74) is 8.57. The molecule has 0 amide bonds. The molecule has 2 aromatic heterocycles. The highest BCUT2D eigenvalue weighted by Gasteiger charge is 2.06. The third kappa shape index (κ3) is 2.19. The van der Waals surface area contributed by atoms with Crippen molar-refractivity contribution in [2.75, 3.05) is 5.73 Å². The normalized spacial score (nSPS) is 10.9. The molecule has 0 aliphatic carbocycles. The number of fused-ring (bicyclic) bond motifs is 1. The molecule has 0 spiro atoms. The van der Waals surface area contributed by atoms with Crippen LogP contribution in [0.1, 0.15) is 5.56 Å². The summed E-state index contributed by atoms with van der Waals surface area (Å²) in [5, 5.41) is 0.931. The Kier molecular flexibility index (Phi) is 2.93. The minimum Gasteiger partial charge on any atom is -0.397 e. The number of para-hydroxylation sites is 1. The van der Waals surface area contributed by atoms with E-state index >= 15 is 0 Å². The van der Waals surface area contributed by atoms with Crippen LogP contribution in [0.4, 0.5) is 5.69 Å². The molecule has 0 aliphatic rings. The summed E-state index contributed by atoms with van der Waals surface area (Å²) < 4.78 is 2.21. The molecule has 3 nitrogen and oxygen atoms in total. The fraction of sp³-hybridized carbons (Fsp3) is 0.0769. The minimum absolute atomic E-state index is 0.726. The van der Waals surface area contributed by atoms with E-state index in [0.717, 1.165) is 26.1 Å². The van der Waals surface area contributed by atoms with Gasteiger partial charge in [-0.3, -0.25) is 0 Å². The lowest BCUT2D eigenvalue weighted by Gasteiger charge is -2.01. The Morgan fingerprint density at radius 1 is 1.28 bits per heavy atom. The van der Waals surface area contributed by atoms with Crippen LogP contribution in [0, 0.1) is 6.92 Å². The van der Waals surface area contributed by atoms with Gasteiger partial charge < -0.3 is 5.73 Å². The lowest BCUT2D eigenvalue weighted by Crippen LogP contribution is -1.91. The Morgan fingerprint density at radius 2 is 2.11 bits per heavy atom. The number of aromatic nitrogens is 2. The van der Waals surface area contributed by atoms with Crippen molar-refractivity contribution >= 4 is 39.0 Å². The number of aryl methyl sites for hydroxylation is 1. The molecule has 3 aromatic rings. The zero-order valence-electron chi connectivity index (χ0n) is 9.75. The van der Waals surface area contributed by atoms with E-state index in [0.29, 0.717) is 0 Å². The number of anilines is 1. The summed E-state index contributed by atoms with van der Waals surface area (Å²) in [6.45, 7) is 1.99. The van der Waals surface area contributed by atoms with Gasteiger partial charge in [0.25, 0.3) is 0 Å². The Morgan fingerprint density at radius 3 is 2.89 bits per heavy atom. The van der Waals surface area contributed by atoms with Crippen LogP contribution < -0.4 is 5.73 Å². The second-order valence-corrected chi connectivity index (χ2v) is 6.23. The number of nitrogens with two attached hydrogens (primary N) is 1. The molecule has 0 saturated carbocycles. The van der Waals surface area contributed by atoms with Crippen molar-refractivity contribution in [3.8, 4) is 0 Å². The molecule has 0 unspecified atom stereocenters. The van der Waals surface area contributed by atoms with Gasteiger partial charge in [-0.05, 0) is 42.4 Å². The summed E-state index contributed by atoms with van der Waals surface area (Å²) in [7, 11) is 0. The first-order valence-corrected chi connectivity index (χ1v) is 7.11. The van der Waals surface area contributed by atoms with Gasteiger partial charge in [0, 0.05) is 0 Å². The molecule has 5 heteroatoms. The first-order valence-electron chi connectivity index (χ1n) is 5.48. The number of hydrogen-bond acceptors (Lipinski definition) is 5. The Labute approximate surface area is 113 Å². The van der Waals surface area contributed by atoms with Crippen molar-refractivity contribution in [1.82, 2.24) is 9.97 Å². The molecule has 1 aromatic carbocycles. The van der Waals surface area contributed by atoms with Gasteiger partial charge in [0.15, 0.2) is 4.34 Å². The topological polar surface area (TPSA) is 51.8 Å². The maximum Gasteiger partial charge on any atom is 0.157 e. The fourth-order valence-corrected chi connectivity index (χ4v) is 3.63. The van der Waals surface area contributed by atoms with Crippen molar-refractivity contribution in [1.29, 1.82) is 0 Å². The number of rotatable bonds is 2. The predicted octanol–water partition coefficient (Wildman–Crippen LogP) is 3.73. The van der Waals surface area contributed by atoms with Gasteiger partial charge in [-0.2, -0.15) is 0 Å². The number of hydrogen-bond donors (Lipinski definition) is 1. The molecule has 0 atom stereocenters. The molecular weight excluding hydrogens is 262 g/mol. The highest BCUT2D eigenvalue weighted by atomic mass is 32.2. The molecular formula is C13H11N3S2. The number of pyridine rings is 1. The lowest BCUT2D eigenvalue weighted by molar-refractivity contribution is 1.11. The van der Waals surface area contributed by atoms with E-state index in [9.17, 15) is 0 Å². The summed E-state index contributed by atoms with van der Waals surface area (Å²) in [4.78, 5) is 8.88. The van der Waals surface area contributed by atoms with E-state index in [1.165, 1.54) is 4.70 Å². The quantitative estimate of drug-likeness (QED) is 0.773. The number of benzene rings is 1. The Bertz CT molecular complexity index is 673. The summed E-state index contributed by atoms with van der Waals surface area (Å²) >= 11 is 3.26. The molecule has 0 saturated heterocycles. The number of nitrogens with zero attached hydrogens (tertiary/aromatic N) is 2. The van der Waals surface area contributed by atoms with Gasteiger partial charge in [0.1, 0.15) is 5.03 Å². The molecule has 18 heavy (non-hydrogen) atoms. The van der Waals surface area contributed by atoms with Crippen LogP contribution in [-0.2, 0) is 0 Å². The second-order valence-electron chi connectivity index (χ2n) is 3.93. The van der Waals surface area contributed by atoms with Crippen molar-refractivity contribution in [2.24, 2.45) is 0 Å². The van der Waals surface area contributed by atoms with Crippen LogP contribution in [0.2, 0.25) is 0 Å². The zero-order chi connectivity index (χ0) is 12.5. The maximum absolute atomic E-state index is 5.76. The number of nitrogen functional groups attached to an aromatic ring is 1. The van der Waals surface area contributed by atoms with Crippen molar-refractivity contribution < 1.29 is 0 Å². The molecule has 2 N–H and O–H groups in total. The molecule has 2 heterocycles. The molecule has 0 radical (unpaired) electrons. The molecule has 3 rings (SSSR count). The highest BCUT2D eigenvalue weighted by molar-refractivity contribution is 8.01. The van der Waals surface area contributed by atoms with Crippen molar-refractivity contribution in [3.63, 3.8) is 0 Å². The van der Waals surface area contributed by atoms with Crippen LogP contribution in [0.3, 0.4) is 0 Å². The van der Waals surface area contributed by atoms with Crippen LogP contribution in [0.25, 0.3) is 10.2 Å². The van der Waals surface area contributed by atoms with E-state index in [1.54, 1.807) is 29.3 Å². The third-order valence-electron chi connectivity index (χ3n) is 2.59. The standard InChI is InChI=1S/C13H11N3S2/c1-8-6-12(15-7-9(8)14)18-13-16-10-4-2-3-5-11(10)17-13/h2-7H,14H2,1H3. The number of thiazole rings is 1. The summed E-state index contributed by atoms with van der Waals surface area (Å²) in [6.07, 6.45) is 1.70. The minimum atomic E-state index is 0.726. The van der Waals surface area contributed by atoms with E-state index in [2.05, 4.69) is 16.0 Å². The van der Waals surface area contributed by atoms with Gasteiger partial charge in [-0.25, -0.2) is 9.97 Å². The van der Waals surface area contributed by atoms with Gasteiger partial charge in [0.2, 0.25) is 0 Å². The van der Waals surface area contributed by atoms with Crippen LogP contribution >= 0.6 is 23.1 Å².